The maximum atomic E-state index is 11.9. The highest BCUT2D eigenvalue weighted by Crippen LogP contribution is 2.25. The summed E-state index contributed by atoms with van der Waals surface area (Å²) < 4.78 is 11.4. The number of hydrogen-bond donors (Lipinski definition) is 1. The van der Waals surface area contributed by atoms with Crippen LogP contribution >= 0.6 is 15.9 Å². The van der Waals surface area contributed by atoms with Crippen molar-refractivity contribution in [1.82, 2.24) is 5.43 Å². The van der Waals surface area contributed by atoms with Crippen LogP contribution < -0.4 is 14.9 Å². The third-order valence-corrected chi connectivity index (χ3v) is 3.80. The van der Waals surface area contributed by atoms with Crippen LogP contribution in [0.2, 0.25) is 0 Å². The summed E-state index contributed by atoms with van der Waals surface area (Å²) in [5.41, 5.74) is 4.27. The summed E-state index contributed by atoms with van der Waals surface area (Å²) in [5.74, 6) is 1.36. The summed E-state index contributed by atoms with van der Waals surface area (Å²) in [7, 11) is 1.61. The van der Waals surface area contributed by atoms with Crippen LogP contribution in [-0.4, -0.2) is 25.8 Å². The molecule has 0 aliphatic heterocycles. The van der Waals surface area contributed by atoms with E-state index in [1.54, 1.807) is 13.3 Å². The van der Waals surface area contributed by atoms with E-state index in [1.165, 1.54) is 0 Å². The molecule has 0 aliphatic rings. The van der Waals surface area contributed by atoms with E-state index in [2.05, 4.69) is 26.5 Å². The fourth-order valence-corrected chi connectivity index (χ4v) is 2.53. The largest absolute Gasteiger partial charge is 0.497 e. The highest BCUT2D eigenvalue weighted by atomic mass is 79.9. The molecule has 2 rings (SSSR count). The van der Waals surface area contributed by atoms with Crippen molar-refractivity contribution in [2.75, 3.05) is 13.7 Å². The van der Waals surface area contributed by atoms with Gasteiger partial charge in [-0.1, -0.05) is 12.1 Å². The Kier molecular flexibility index (Phi) is 6.81. The number of amides is 1. The molecule has 126 valence electrons. The first-order valence-corrected chi connectivity index (χ1v) is 8.29. The fourth-order valence-electron chi connectivity index (χ4n) is 2.02. The van der Waals surface area contributed by atoms with Gasteiger partial charge in [0.2, 0.25) is 5.91 Å². The van der Waals surface area contributed by atoms with Crippen LogP contribution in [0, 0.1) is 0 Å². The van der Waals surface area contributed by atoms with E-state index >= 15 is 0 Å². The van der Waals surface area contributed by atoms with Crippen LogP contribution in [0.25, 0.3) is 0 Å². The Balaban J connectivity index is 1.88. The average Bonchev–Trinajstić information content (AvgIpc) is 2.58. The van der Waals surface area contributed by atoms with Gasteiger partial charge in [-0.2, -0.15) is 5.10 Å². The van der Waals surface area contributed by atoms with E-state index in [0.29, 0.717) is 6.61 Å². The highest BCUT2D eigenvalue weighted by Gasteiger charge is 2.03. The zero-order valence-corrected chi connectivity index (χ0v) is 15.2. The number of rotatable bonds is 7. The second-order valence-corrected chi connectivity index (χ2v) is 5.80. The number of hydrazone groups is 1. The van der Waals surface area contributed by atoms with Crippen molar-refractivity contribution in [3.63, 3.8) is 0 Å². The zero-order valence-electron chi connectivity index (χ0n) is 13.6. The second kappa shape index (κ2) is 9.08. The first kappa shape index (κ1) is 18.0. The molecule has 0 saturated carbocycles. The van der Waals surface area contributed by atoms with Gasteiger partial charge in [0.15, 0.2) is 0 Å². The van der Waals surface area contributed by atoms with Crippen molar-refractivity contribution in [3.8, 4) is 11.5 Å². The van der Waals surface area contributed by atoms with Crippen molar-refractivity contribution in [3.05, 3.63) is 58.1 Å². The molecular weight excluding hydrogens is 372 g/mol. The lowest BCUT2D eigenvalue weighted by Gasteiger charge is -2.06. The molecule has 0 aliphatic carbocycles. The predicted octanol–water partition coefficient (Wildman–Crippen LogP) is 3.55. The van der Waals surface area contributed by atoms with Gasteiger partial charge in [-0.3, -0.25) is 4.79 Å². The lowest BCUT2D eigenvalue weighted by molar-refractivity contribution is -0.120. The van der Waals surface area contributed by atoms with Crippen LogP contribution in [0.1, 0.15) is 18.1 Å². The summed E-state index contributed by atoms with van der Waals surface area (Å²) >= 11 is 3.44. The topological polar surface area (TPSA) is 59.9 Å². The molecule has 1 N–H and O–H groups in total. The van der Waals surface area contributed by atoms with E-state index in [-0.39, 0.29) is 12.3 Å². The Morgan fingerprint density at radius 1 is 1.25 bits per heavy atom. The molecule has 0 spiro atoms. The van der Waals surface area contributed by atoms with Gasteiger partial charge < -0.3 is 9.47 Å². The number of hydrogen-bond acceptors (Lipinski definition) is 4. The summed E-state index contributed by atoms with van der Waals surface area (Å²) in [4.78, 5) is 11.9. The van der Waals surface area contributed by atoms with Crippen LogP contribution in [0.3, 0.4) is 0 Å². The number of carbonyl (C=O) groups excluding carboxylic acids is 1. The standard InChI is InChI=1S/C18H19BrN2O3/c1-3-24-17-9-6-14(10-16(17)19)12-20-21-18(22)11-13-4-7-15(23-2)8-5-13/h4-10,12H,3,11H2,1-2H3,(H,21,22)/b20-12-. The van der Waals surface area contributed by atoms with E-state index in [4.69, 9.17) is 9.47 Å². The van der Waals surface area contributed by atoms with Gasteiger partial charge in [-0.15, -0.1) is 0 Å². The van der Waals surface area contributed by atoms with Crippen LogP contribution in [0.5, 0.6) is 11.5 Å². The van der Waals surface area contributed by atoms with Gasteiger partial charge in [-0.25, -0.2) is 5.43 Å². The maximum Gasteiger partial charge on any atom is 0.244 e. The molecule has 6 heteroatoms. The molecule has 1 amide bonds. The van der Waals surface area contributed by atoms with Crippen molar-refractivity contribution in [1.29, 1.82) is 0 Å². The zero-order chi connectivity index (χ0) is 17.4. The van der Waals surface area contributed by atoms with Gasteiger partial charge in [0.25, 0.3) is 0 Å². The number of ether oxygens (including phenoxy) is 2. The van der Waals surface area contributed by atoms with Gasteiger partial charge in [-0.05, 0) is 64.3 Å². The van der Waals surface area contributed by atoms with Crippen molar-refractivity contribution in [2.45, 2.75) is 13.3 Å². The van der Waals surface area contributed by atoms with Gasteiger partial charge in [0.05, 0.1) is 30.8 Å². The fraction of sp³-hybridized carbons (Fsp3) is 0.222. The van der Waals surface area contributed by atoms with Gasteiger partial charge in [0, 0.05) is 0 Å². The molecular formula is C18H19BrN2O3. The molecule has 0 fully saturated rings. The summed E-state index contributed by atoms with van der Waals surface area (Å²) in [5, 5.41) is 3.98. The second-order valence-electron chi connectivity index (χ2n) is 4.94. The summed E-state index contributed by atoms with van der Waals surface area (Å²) in [6, 6.07) is 13.0. The molecule has 5 nitrogen and oxygen atoms in total. The number of carbonyl (C=O) groups is 1. The number of benzene rings is 2. The molecule has 0 radical (unpaired) electrons. The van der Waals surface area contributed by atoms with Gasteiger partial charge >= 0.3 is 0 Å². The molecule has 0 saturated heterocycles. The molecule has 0 unspecified atom stereocenters. The van der Waals surface area contributed by atoms with Crippen LogP contribution in [-0.2, 0) is 11.2 Å². The van der Waals surface area contributed by atoms with E-state index < -0.39 is 0 Å². The van der Waals surface area contributed by atoms with E-state index in [1.807, 2.05) is 49.4 Å². The molecule has 2 aromatic rings. The molecule has 0 aromatic heterocycles. The Hall–Kier alpha value is -2.34. The minimum atomic E-state index is -0.179. The average molecular weight is 391 g/mol. The maximum absolute atomic E-state index is 11.9. The monoisotopic (exact) mass is 390 g/mol. The highest BCUT2D eigenvalue weighted by molar-refractivity contribution is 9.10. The van der Waals surface area contributed by atoms with Crippen molar-refractivity contribution >= 4 is 28.1 Å². The smallest absolute Gasteiger partial charge is 0.244 e. The van der Waals surface area contributed by atoms with Crippen molar-refractivity contribution in [2.24, 2.45) is 5.10 Å². The first-order chi connectivity index (χ1) is 11.6. The third-order valence-electron chi connectivity index (χ3n) is 3.18. The molecule has 0 atom stereocenters. The lowest BCUT2D eigenvalue weighted by atomic mass is 10.1. The quantitative estimate of drug-likeness (QED) is 0.580. The molecule has 0 bridgehead atoms. The Morgan fingerprint density at radius 3 is 2.62 bits per heavy atom. The number of methoxy groups -OCH3 is 1. The van der Waals surface area contributed by atoms with Crippen molar-refractivity contribution < 1.29 is 14.3 Å². The van der Waals surface area contributed by atoms with Crippen LogP contribution in [0.15, 0.2) is 52.0 Å². The molecule has 24 heavy (non-hydrogen) atoms. The SMILES string of the molecule is CCOc1ccc(/C=N\NC(=O)Cc2ccc(OC)cc2)cc1Br. The third kappa shape index (κ3) is 5.38. The Morgan fingerprint density at radius 2 is 2.00 bits per heavy atom. The van der Waals surface area contributed by atoms with Crippen LogP contribution in [0.4, 0.5) is 0 Å². The number of nitrogens with one attached hydrogen (secondary N) is 1. The minimum absolute atomic E-state index is 0.179. The van der Waals surface area contributed by atoms with E-state index in [9.17, 15) is 4.79 Å². The van der Waals surface area contributed by atoms with E-state index in [0.717, 1.165) is 27.1 Å². The lowest BCUT2D eigenvalue weighted by Crippen LogP contribution is -2.19. The summed E-state index contributed by atoms with van der Waals surface area (Å²) in [6.07, 6.45) is 1.85. The number of nitrogens with zero attached hydrogens (tertiary/aromatic N) is 1. The number of halogens is 1. The Bertz CT molecular complexity index is 715. The Labute approximate surface area is 149 Å². The normalized spacial score (nSPS) is 10.6. The predicted molar refractivity (Wildman–Crippen MR) is 97.7 cm³/mol. The summed E-state index contributed by atoms with van der Waals surface area (Å²) in [6.45, 7) is 2.54. The first-order valence-electron chi connectivity index (χ1n) is 7.49. The minimum Gasteiger partial charge on any atom is -0.497 e. The molecule has 0 heterocycles. The van der Waals surface area contributed by atoms with Gasteiger partial charge in [0.1, 0.15) is 11.5 Å². The molecule has 2 aromatic carbocycles.